The van der Waals surface area contributed by atoms with E-state index in [1.54, 1.807) is 0 Å². The molecular formula is C16H32N2O2. The smallest absolute Gasteiger partial charge is 0.242 e. The molecule has 118 valence electrons. The van der Waals surface area contributed by atoms with Crippen molar-refractivity contribution in [2.24, 2.45) is 17.8 Å². The Morgan fingerprint density at radius 1 is 0.850 bits per heavy atom. The average molecular weight is 284 g/mol. The molecule has 0 spiro atoms. The minimum atomic E-state index is -0.428. The van der Waals surface area contributed by atoms with Crippen LogP contribution in [0.25, 0.3) is 0 Å². The lowest BCUT2D eigenvalue weighted by Gasteiger charge is -2.24. The first-order valence-electron chi connectivity index (χ1n) is 7.73. The second-order valence-electron chi connectivity index (χ2n) is 6.89. The van der Waals surface area contributed by atoms with Crippen LogP contribution >= 0.6 is 0 Å². The molecule has 4 heteroatoms. The highest BCUT2D eigenvalue weighted by Gasteiger charge is 2.23. The molecule has 0 aliphatic carbocycles. The van der Waals surface area contributed by atoms with Gasteiger partial charge in [0, 0.05) is 12.5 Å². The summed E-state index contributed by atoms with van der Waals surface area (Å²) in [5.41, 5.74) is 0. The molecule has 2 amide bonds. The number of carbonyl (C=O) groups excluding carboxylic acids is 2. The van der Waals surface area contributed by atoms with Crippen LogP contribution in [-0.2, 0) is 9.59 Å². The maximum atomic E-state index is 12.3. The molecule has 2 N–H and O–H groups in total. The molecule has 0 aromatic rings. The van der Waals surface area contributed by atoms with E-state index in [-0.39, 0.29) is 17.9 Å². The van der Waals surface area contributed by atoms with Crippen LogP contribution in [0, 0.1) is 17.8 Å². The van der Waals surface area contributed by atoms with E-state index in [4.69, 9.17) is 0 Å². The first-order chi connectivity index (χ1) is 9.13. The van der Waals surface area contributed by atoms with E-state index in [0.29, 0.717) is 30.6 Å². The zero-order chi connectivity index (χ0) is 15.9. The highest BCUT2D eigenvalue weighted by Crippen LogP contribution is 2.08. The van der Waals surface area contributed by atoms with E-state index < -0.39 is 6.04 Å². The molecule has 0 aliphatic heterocycles. The summed E-state index contributed by atoms with van der Waals surface area (Å²) in [6.07, 6.45) is 1.13. The predicted molar refractivity (Wildman–Crippen MR) is 83.3 cm³/mol. The summed E-state index contributed by atoms with van der Waals surface area (Å²) in [7, 11) is 0. The van der Waals surface area contributed by atoms with E-state index in [9.17, 15) is 9.59 Å². The highest BCUT2D eigenvalue weighted by molar-refractivity contribution is 5.87. The van der Waals surface area contributed by atoms with Gasteiger partial charge in [0.15, 0.2) is 0 Å². The van der Waals surface area contributed by atoms with Crippen molar-refractivity contribution >= 4 is 11.8 Å². The summed E-state index contributed by atoms with van der Waals surface area (Å²) >= 11 is 0. The summed E-state index contributed by atoms with van der Waals surface area (Å²) in [6.45, 7) is 14.2. The second-order valence-corrected chi connectivity index (χ2v) is 6.89. The fourth-order valence-corrected chi connectivity index (χ4v) is 1.82. The Morgan fingerprint density at radius 3 is 1.80 bits per heavy atom. The molecule has 4 nitrogen and oxygen atoms in total. The van der Waals surface area contributed by atoms with Gasteiger partial charge in [0.1, 0.15) is 6.04 Å². The molecular weight excluding hydrogens is 252 g/mol. The molecule has 0 aliphatic rings. The molecule has 0 aromatic carbocycles. The third-order valence-electron chi connectivity index (χ3n) is 3.32. The Kier molecular flexibility index (Phi) is 8.51. The van der Waals surface area contributed by atoms with E-state index in [2.05, 4.69) is 38.3 Å². The van der Waals surface area contributed by atoms with Gasteiger partial charge in [0.25, 0.3) is 0 Å². The Labute approximate surface area is 124 Å². The van der Waals surface area contributed by atoms with Gasteiger partial charge in [-0.05, 0) is 31.1 Å². The summed E-state index contributed by atoms with van der Waals surface area (Å²) in [5, 5.41) is 5.86. The summed E-state index contributed by atoms with van der Waals surface area (Å²) in [5.74, 6) is 0.923. The van der Waals surface area contributed by atoms with Crippen molar-refractivity contribution in [3.8, 4) is 0 Å². The lowest BCUT2D eigenvalue weighted by atomic mass is 10.0. The minimum absolute atomic E-state index is 0.0435. The summed E-state index contributed by atoms with van der Waals surface area (Å²) < 4.78 is 0. The van der Waals surface area contributed by atoms with Gasteiger partial charge in [-0.3, -0.25) is 9.59 Å². The van der Waals surface area contributed by atoms with Crippen LogP contribution in [0.4, 0.5) is 0 Å². The minimum Gasteiger partial charge on any atom is -0.352 e. The molecule has 0 aromatic heterocycles. The molecule has 0 radical (unpaired) electrons. The second kappa shape index (κ2) is 8.98. The van der Waals surface area contributed by atoms with Gasteiger partial charge in [0.05, 0.1) is 0 Å². The van der Waals surface area contributed by atoms with Gasteiger partial charge in [-0.15, -0.1) is 0 Å². The number of nitrogens with one attached hydrogen (secondary N) is 2. The summed E-state index contributed by atoms with van der Waals surface area (Å²) in [4.78, 5) is 24.2. The normalized spacial score (nSPS) is 14.5. The average Bonchev–Trinajstić information content (AvgIpc) is 2.25. The predicted octanol–water partition coefficient (Wildman–Crippen LogP) is 2.72. The van der Waals surface area contributed by atoms with Crippen molar-refractivity contribution in [3.63, 3.8) is 0 Å². The molecule has 2 atom stereocenters. The third-order valence-corrected chi connectivity index (χ3v) is 3.32. The largest absolute Gasteiger partial charge is 0.352 e. The number of hydrogen-bond acceptors (Lipinski definition) is 2. The third kappa shape index (κ3) is 8.18. The Balaban J connectivity index is 4.62. The Hall–Kier alpha value is -1.06. The van der Waals surface area contributed by atoms with Crippen molar-refractivity contribution in [1.29, 1.82) is 0 Å². The van der Waals surface area contributed by atoms with Crippen LogP contribution in [0.5, 0.6) is 0 Å². The molecule has 2 unspecified atom stereocenters. The lowest BCUT2D eigenvalue weighted by molar-refractivity contribution is -0.130. The number of hydrogen-bond donors (Lipinski definition) is 2. The van der Waals surface area contributed by atoms with Gasteiger partial charge < -0.3 is 10.6 Å². The molecule has 0 saturated heterocycles. The maximum absolute atomic E-state index is 12.3. The topological polar surface area (TPSA) is 58.2 Å². The Bertz CT molecular complexity index is 312. The zero-order valence-corrected chi connectivity index (χ0v) is 14.1. The molecule has 0 saturated carbocycles. The van der Waals surface area contributed by atoms with Crippen LogP contribution in [0.15, 0.2) is 0 Å². The van der Waals surface area contributed by atoms with Crippen LogP contribution in [-0.4, -0.2) is 23.9 Å². The molecule has 0 fully saturated rings. The van der Waals surface area contributed by atoms with Gasteiger partial charge in [-0.25, -0.2) is 0 Å². The first kappa shape index (κ1) is 18.9. The maximum Gasteiger partial charge on any atom is 0.242 e. The van der Waals surface area contributed by atoms with Crippen LogP contribution in [0.2, 0.25) is 0 Å². The van der Waals surface area contributed by atoms with Crippen molar-refractivity contribution in [1.82, 2.24) is 10.6 Å². The molecule has 20 heavy (non-hydrogen) atoms. The van der Waals surface area contributed by atoms with Crippen molar-refractivity contribution in [2.75, 3.05) is 0 Å². The monoisotopic (exact) mass is 284 g/mol. The van der Waals surface area contributed by atoms with Crippen LogP contribution in [0.1, 0.15) is 61.3 Å². The van der Waals surface area contributed by atoms with E-state index in [1.165, 1.54) is 0 Å². The number of rotatable bonds is 8. The molecule has 0 heterocycles. The van der Waals surface area contributed by atoms with Crippen molar-refractivity contribution < 1.29 is 9.59 Å². The number of carbonyl (C=O) groups is 2. The van der Waals surface area contributed by atoms with Gasteiger partial charge >= 0.3 is 0 Å². The van der Waals surface area contributed by atoms with E-state index >= 15 is 0 Å². The summed E-state index contributed by atoms with van der Waals surface area (Å²) in [6, 6.07) is -0.318. The van der Waals surface area contributed by atoms with E-state index in [1.807, 2.05) is 20.8 Å². The van der Waals surface area contributed by atoms with Crippen LogP contribution in [0.3, 0.4) is 0 Å². The van der Waals surface area contributed by atoms with Gasteiger partial charge in [-0.2, -0.15) is 0 Å². The zero-order valence-electron chi connectivity index (χ0n) is 14.1. The fraction of sp³-hybridized carbons (Fsp3) is 0.875. The Morgan fingerprint density at radius 2 is 1.40 bits per heavy atom. The molecule has 0 bridgehead atoms. The SMILES string of the molecule is CC(C)CC(=O)NC(CC(C)C)C(=O)NC(C)C(C)C. The lowest BCUT2D eigenvalue weighted by Crippen LogP contribution is -2.50. The van der Waals surface area contributed by atoms with Gasteiger partial charge in [-0.1, -0.05) is 41.5 Å². The standard InChI is InChI=1S/C16H32N2O2/c1-10(2)8-14(18-15(19)9-11(3)4)16(20)17-13(7)12(5)6/h10-14H,8-9H2,1-7H3,(H,17,20)(H,18,19). The number of amides is 2. The van der Waals surface area contributed by atoms with E-state index in [0.717, 1.165) is 0 Å². The quantitative estimate of drug-likeness (QED) is 0.720. The fourth-order valence-electron chi connectivity index (χ4n) is 1.82. The van der Waals surface area contributed by atoms with Gasteiger partial charge in [0.2, 0.25) is 11.8 Å². The first-order valence-corrected chi connectivity index (χ1v) is 7.73. The van der Waals surface area contributed by atoms with Crippen molar-refractivity contribution in [3.05, 3.63) is 0 Å². The molecule has 0 rings (SSSR count). The highest BCUT2D eigenvalue weighted by atomic mass is 16.2. The van der Waals surface area contributed by atoms with Crippen molar-refractivity contribution in [2.45, 2.75) is 73.4 Å². The van der Waals surface area contributed by atoms with Crippen LogP contribution < -0.4 is 10.6 Å².